The summed E-state index contributed by atoms with van der Waals surface area (Å²) >= 11 is 0. The molecule has 0 aromatic heterocycles. The third-order valence-corrected chi connectivity index (χ3v) is 5.52. The molecule has 1 fully saturated rings. The molecule has 144 valence electrons. The smallest absolute Gasteiger partial charge is 0.317 e. The topological polar surface area (TPSA) is 60.9 Å². The highest BCUT2D eigenvalue weighted by Gasteiger charge is 2.27. The van der Waals surface area contributed by atoms with E-state index >= 15 is 0 Å². The van der Waals surface area contributed by atoms with Crippen molar-refractivity contribution in [2.45, 2.75) is 58.4 Å². The van der Waals surface area contributed by atoms with Gasteiger partial charge < -0.3 is 10.0 Å². The number of aliphatic carboxylic acids is 1. The molecule has 0 aliphatic carbocycles. The average Bonchev–Trinajstić information content (AvgIpc) is 2.66. The lowest BCUT2D eigenvalue weighted by Gasteiger charge is -2.37. The van der Waals surface area contributed by atoms with Crippen LogP contribution in [0.4, 0.5) is 0 Å². The predicted molar refractivity (Wildman–Crippen MR) is 103 cm³/mol. The van der Waals surface area contributed by atoms with Gasteiger partial charge in [0.1, 0.15) is 0 Å². The highest BCUT2D eigenvalue weighted by molar-refractivity contribution is 5.77. The van der Waals surface area contributed by atoms with Crippen LogP contribution in [0, 0.1) is 0 Å². The van der Waals surface area contributed by atoms with Gasteiger partial charge in [-0.2, -0.15) is 0 Å². The number of amides is 1. The van der Waals surface area contributed by atoms with E-state index in [1.807, 2.05) is 16.7 Å². The lowest BCUT2D eigenvalue weighted by molar-refractivity contribution is -0.140. The van der Waals surface area contributed by atoms with Crippen LogP contribution in [0.3, 0.4) is 0 Å². The first-order valence-corrected chi connectivity index (χ1v) is 9.77. The second kappa shape index (κ2) is 9.72. The largest absolute Gasteiger partial charge is 0.480 e. The molecule has 0 saturated carbocycles. The molecular weight excluding hydrogens is 328 g/mol. The van der Waals surface area contributed by atoms with Gasteiger partial charge in [-0.3, -0.25) is 14.5 Å². The van der Waals surface area contributed by atoms with Crippen molar-refractivity contribution in [3.05, 3.63) is 35.4 Å². The third-order valence-electron chi connectivity index (χ3n) is 5.52. The summed E-state index contributed by atoms with van der Waals surface area (Å²) in [5, 5.41) is 9.02. The van der Waals surface area contributed by atoms with Crippen LogP contribution in [0.25, 0.3) is 0 Å². The van der Waals surface area contributed by atoms with Crippen LogP contribution in [0.1, 0.15) is 57.1 Å². The Kier molecular flexibility index (Phi) is 7.64. The van der Waals surface area contributed by atoms with Gasteiger partial charge in [-0.25, -0.2) is 0 Å². The van der Waals surface area contributed by atoms with Crippen LogP contribution < -0.4 is 0 Å². The zero-order chi connectivity index (χ0) is 19.1. The molecule has 2 rings (SSSR count). The number of hydrogen-bond acceptors (Lipinski definition) is 3. The Morgan fingerprint density at radius 2 is 1.81 bits per heavy atom. The van der Waals surface area contributed by atoms with Crippen molar-refractivity contribution in [2.75, 3.05) is 26.2 Å². The number of carbonyl (C=O) groups is 2. The number of carbonyl (C=O) groups excluding carboxylic acids is 1. The Balaban J connectivity index is 1.84. The molecular formula is C21H32N2O3. The molecule has 1 aliphatic heterocycles. The average molecular weight is 360 g/mol. The normalized spacial score (nSPS) is 16.7. The number of likely N-dealkylation sites (N-methyl/N-ethyl adjacent to an activating group) is 1. The van der Waals surface area contributed by atoms with Crippen LogP contribution in [-0.2, 0) is 16.0 Å². The van der Waals surface area contributed by atoms with Gasteiger partial charge >= 0.3 is 5.97 Å². The van der Waals surface area contributed by atoms with Crippen LogP contribution in [-0.4, -0.2) is 59.0 Å². The molecule has 1 N–H and O–H groups in total. The van der Waals surface area contributed by atoms with Crippen molar-refractivity contribution in [2.24, 2.45) is 0 Å². The van der Waals surface area contributed by atoms with E-state index in [0.717, 1.165) is 38.9 Å². The number of likely N-dealkylation sites (tertiary alicyclic amines) is 1. The fraction of sp³-hybridized carbons (Fsp3) is 0.619. The van der Waals surface area contributed by atoms with Gasteiger partial charge in [-0.15, -0.1) is 0 Å². The fourth-order valence-corrected chi connectivity index (χ4v) is 3.74. The van der Waals surface area contributed by atoms with Gasteiger partial charge in [0.15, 0.2) is 0 Å². The second-order valence-electron chi connectivity index (χ2n) is 7.27. The van der Waals surface area contributed by atoms with E-state index in [1.165, 1.54) is 11.1 Å². The monoisotopic (exact) mass is 360 g/mol. The first kappa shape index (κ1) is 20.4. The van der Waals surface area contributed by atoms with Gasteiger partial charge in [-0.1, -0.05) is 45.0 Å². The molecule has 5 nitrogen and oxygen atoms in total. The standard InChI is InChI=1S/C21H32N2O3/c1-4-17-6-8-18(9-7-17)16(3)14-20(24)23-12-10-19(11-13-23)22(5-2)15-21(25)26/h6-9,16,19H,4-5,10-15H2,1-3H3,(H,25,26). The molecule has 1 atom stereocenters. The Labute approximate surface area is 157 Å². The van der Waals surface area contributed by atoms with Gasteiger partial charge in [0, 0.05) is 25.6 Å². The molecule has 1 saturated heterocycles. The molecule has 1 heterocycles. The highest BCUT2D eigenvalue weighted by Crippen LogP contribution is 2.23. The minimum absolute atomic E-state index is 0.0832. The minimum Gasteiger partial charge on any atom is -0.480 e. The predicted octanol–water partition coefficient (Wildman–Crippen LogP) is 3.14. The molecule has 0 spiro atoms. The van der Waals surface area contributed by atoms with E-state index in [0.29, 0.717) is 6.42 Å². The SMILES string of the molecule is CCc1ccc(C(C)CC(=O)N2CCC(N(CC)CC(=O)O)CC2)cc1. The van der Waals surface area contributed by atoms with Crippen molar-refractivity contribution in [3.63, 3.8) is 0 Å². The van der Waals surface area contributed by atoms with Crippen molar-refractivity contribution >= 4 is 11.9 Å². The molecule has 1 aliphatic rings. The number of aryl methyl sites for hydroxylation is 1. The maximum atomic E-state index is 12.6. The van der Waals surface area contributed by atoms with Crippen LogP contribution in [0.5, 0.6) is 0 Å². The quantitative estimate of drug-likeness (QED) is 0.774. The van der Waals surface area contributed by atoms with E-state index < -0.39 is 5.97 Å². The fourth-order valence-electron chi connectivity index (χ4n) is 3.74. The lowest BCUT2D eigenvalue weighted by Crippen LogP contribution is -2.48. The van der Waals surface area contributed by atoms with Crippen LogP contribution in [0.2, 0.25) is 0 Å². The summed E-state index contributed by atoms with van der Waals surface area (Å²) in [6.07, 6.45) is 3.26. The van der Waals surface area contributed by atoms with Gasteiger partial charge in [0.05, 0.1) is 6.54 Å². The summed E-state index contributed by atoms with van der Waals surface area (Å²) in [4.78, 5) is 27.6. The Morgan fingerprint density at radius 1 is 1.19 bits per heavy atom. The lowest BCUT2D eigenvalue weighted by atomic mass is 9.95. The molecule has 0 radical (unpaired) electrons. The maximum absolute atomic E-state index is 12.6. The van der Waals surface area contributed by atoms with Crippen molar-refractivity contribution < 1.29 is 14.7 Å². The van der Waals surface area contributed by atoms with E-state index in [-0.39, 0.29) is 24.4 Å². The highest BCUT2D eigenvalue weighted by atomic mass is 16.4. The molecule has 0 bridgehead atoms. The first-order chi connectivity index (χ1) is 12.4. The zero-order valence-corrected chi connectivity index (χ0v) is 16.3. The zero-order valence-electron chi connectivity index (χ0n) is 16.3. The summed E-state index contributed by atoms with van der Waals surface area (Å²) in [5.74, 6) is -0.365. The number of hydrogen-bond donors (Lipinski definition) is 1. The minimum atomic E-state index is -0.784. The maximum Gasteiger partial charge on any atom is 0.317 e. The molecule has 5 heteroatoms. The summed E-state index contributed by atoms with van der Waals surface area (Å²) in [5.41, 5.74) is 2.53. The van der Waals surface area contributed by atoms with E-state index in [4.69, 9.17) is 5.11 Å². The van der Waals surface area contributed by atoms with E-state index in [9.17, 15) is 9.59 Å². The summed E-state index contributed by atoms with van der Waals surface area (Å²) in [6.45, 7) is 8.50. The Morgan fingerprint density at radius 3 is 2.31 bits per heavy atom. The summed E-state index contributed by atoms with van der Waals surface area (Å²) in [7, 11) is 0. The van der Waals surface area contributed by atoms with E-state index in [1.54, 1.807) is 0 Å². The summed E-state index contributed by atoms with van der Waals surface area (Å²) in [6, 6.07) is 8.81. The number of carboxylic acids is 1. The van der Waals surface area contributed by atoms with Crippen LogP contribution in [0.15, 0.2) is 24.3 Å². The van der Waals surface area contributed by atoms with Gasteiger partial charge in [0.25, 0.3) is 0 Å². The molecule has 1 aromatic carbocycles. The molecule has 1 aromatic rings. The van der Waals surface area contributed by atoms with E-state index in [2.05, 4.69) is 38.1 Å². The number of carboxylic acid groups (broad SMARTS) is 1. The van der Waals surface area contributed by atoms with Crippen molar-refractivity contribution in [1.82, 2.24) is 9.80 Å². The summed E-state index contributed by atoms with van der Waals surface area (Å²) < 4.78 is 0. The number of rotatable bonds is 8. The van der Waals surface area contributed by atoms with Crippen molar-refractivity contribution in [3.8, 4) is 0 Å². The molecule has 1 amide bonds. The second-order valence-corrected chi connectivity index (χ2v) is 7.27. The Bertz CT molecular complexity index is 592. The number of nitrogens with zero attached hydrogens (tertiary/aromatic N) is 2. The number of piperidine rings is 1. The number of benzene rings is 1. The van der Waals surface area contributed by atoms with Crippen molar-refractivity contribution in [1.29, 1.82) is 0 Å². The van der Waals surface area contributed by atoms with Gasteiger partial charge in [0.2, 0.25) is 5.91 Å². The van der Waals surface area contributed by atoms with Gasteiger partial charge in [-0.05, 0) is 42.9 Å². The first-order valence-electron chi connectivity index (χ1n) is 9.77. The van der Waals surface area contributed by atoms with Crippen LogP contribution >= 0.6 is 0 Å². The molecule has 1 unspecified atom stereocenters. The Hall–Kier alpha value is -1.88. The molecule has 26 heavy (non-hydrogen) atoms. The third kappa shape index (κ3) is 5.56.